The van der Waals surface area contributed by atoms with E-state index in [0.717, 1.165) is 0 Å². The second-order valence-corrected chi connectivity index (χ2v) is 6.01. The molecule has 4 nitrogen and oxygen atoms in total. The van der Waals surface area contributed by atoms with Gasteiger partial charge in [-0.15, -0.1) is 0 Å². The predicted molar refractivity (Wildman–Crippen MR) is 100 cm³/mol. The Hall–Kier alpha value is -2.48. The predicted octanol–water partition coefficient (Wildman–Crippen LogP) is 4.79. The molecule has 0 aliphatic rings. The highest BCUT2D eigenvalue weighted by molar-refractivity contribution is 6.30. The summed E-state index contributed by atoms with van der Waals surface area (Å²) in [5.41, 5.74) is 0.882. The Morgan fingerprint density at radius 1 is 0.692 bits per heavy atom. The summed E-state index contributed by atoms with van der Waals surface area (Å²) in [6, 6.07) is 12.9. The van der Waals surface area contributed by atoms with Gasteiger partial charge in [0.2, 0.25) is 0 Å². The van der Waals surface area contributed by atoms with Gasteiger partial charge in [0, 0.05) is 22.9 Å². The molecule has 0 bridgehead atoms. The highest BCUT2D eigenvalue weighted by atomic mass is 35.5. The number of benzene rings is 2. The van der Waals surface area contributed by atoms with Crippen molar-refractivity contribution in [2.24, 2.45) is 0 Å². The van der Waals surface area contributed by atoms with Crippen LogP contribution in [0.5, 0.6) is 0 Å². The topological polar surface area (TPSA) is 52.6 Å². The minimum absolute atomic E-state index is 0.193. The minimum atomic E-state index is -0.416. The van der Waals surface area contributed by atoms with Crippen LogP contribution in [-0.2, 0) is 9.47 Å². The van der Waals surface area contributed by atoms with Crippen LogP contribution in [0.15, 0.2) is 48.5 Å². The molecule has 0 radical (unpaired) electrons. The van der Waals surface area contributed by atoms with Gasteiger partial charge in [0.1, 0.15) is 13.2 Å². The third-order valence-corrected chi connectivity index (χ3v) is 3.71. The first-order valence-electron chi connectivity index (χ1n) is 7.87. The van der Waals surface area contributed by atoms with E-state index in [1.165, 1.54) is 0 Å². The maximum atomic E-state index is 11.7. The van der Waals surface area contributed by atoms with Crippen molar-refractivity contribution in [1.82, 2.24) is 0 Å². The molecule has 0 amide bonds. The van der Waals surface area contributed by atoms with Crippen LogP contribution < -0.4 is 0 Å². The summed E-state index contributed by atoms with van der Waals surface area (Å²) in [5.74, 6) is 4.90. The molecule has 2 rings (SSSR count). The van der Waals surface area contributed by atoms with Crippen molar-refractivity contribution in [1.29, 1.82) is 0 Å². The Labute approximate surface area is 162 Å². The minimum Gasteiger partial charge on any atom is -0.461 e. The summed E-state index contributed by atoms with van der Waals surface area (Å²) in [5, 5.41) is 1.12. The van der Waals surface area contributed by atoms with Crippen LogP contribution in [0.25, 0.3) is 0 Å². The van der Waals surface area contributed by atoms with Crippen LogP contribution in [0.3, 0.4) is 0 Å². The van der Waals surface area contributed by atoms with E-state index in [-0.39, 0.29) is 13.2 Å². The van der Waals surface area contributed by atoms with Gasteiger partial charge >= 0.3 is 11.9 Å². The lowest BCUT2D eigenvalue weighted by Crippen LogP contribution is -2.06. The third kappa shape index (κ3) is 6.79. The summed E-state index contributed by atoms with van der Waals surface area (Å²) in [6.07, 6.45) is 0.814. The van der Waals surface area contributed by atoms with Gasteiger partial charge in [0.05, 0.1) is 11.1 Å². The van der Waals surface area contributed by atoms with Crippen LogP contribution in [0.4, 0.5) is 0 Å². The van der Waals surface area contributed by atoms with Crippen LogP contribution in [-0.4, -0.2) is 25.2 Å². The van der Waals surface area contributed by atoms with Crippen LogP contribution in [0.1, 0.15) is 33.6 Å². The number of ether oxygens (including phenoxy) is 2. The largest absolute Gasteiger partial charge is 0.461 e. The molecule has 0 spiro atoms. The standard InChI is InChI=1S/C20H16Cl2O4/c21-17-9-5-15(6-10-17)19(23)25-13-3-1-2-4-14-26-20(24)16-7-11-18(22)12-8-16/h5-12H,3-4,13-14H2. The molecular weight excluding hydrogens is 375 g/mol. The van der Waals surface area contributed by atoms with Gasteiger partial charge in [0.15, 0.2) is 0 Å². The van der Waals surface area contributed by atoms with Gasteiger partial charge < -0.3 is 9.47 Å². The van der Waals surface area contributed by atoms with Crippen molar-refractivity contribution in [3.05, 3.63) is 69.7 Å². The summed E-state index contributed by atoms with van der Waals surface area (Å²) in [6.45, 7) is 0.387. The van der Waals surface area contributed by atoms with Gasteiger partial charge in [-0.05, 0) is 48.5 Å². The number of carbonyl (C=O) groups excluding carboxylic acids is 2. The zero-order chi connectivity index (χ0) is 18.8. The van der Waals surface area contributed by atoms with Crippen LogP contribution in [0, 0.1) is 11.8 Å². The second-order valence-electron chi connectivity index (χ2n) is 5.14. The molecule has 0 aliphatic carbocycles. The van der Waals surface area contributed by atoms with E-state index in [0.29, 0.717) is 34.0 Å². The Morgan fingerprint density at radius 3 is 1.38 bits per heavy atom. The van der Waals surface area contributed by atoms with Crippen molar-refractivity contribution in [3.8, 4) is 11.8 Å². The van der Waals surface area contributed by atoms with E-state index in [1.807, 2.05) is 0 Å². The molecule has 0 fully saturated rings. The molecule has 0 aromatic heterocycles. The SMILES string of the molecule is O=C(OCCC#CCCOC(=O)c1ccc(Cl)cc1)c1ccc(Cl)cc1. The molecule has 26 heavy (non-hydrogen) atoms. The van der Waals surface area contributed by atoms with Gasteiger partial charge in [-0.3, -0.25) is 0 Å². The maximum Gasteiger partial charge on any atom is 0.338 e. The lowest BCUT2D eigenvalue weighted by molar-refractivity contribution is 0.0502. The first kappa shape index (κ1) is 19.8. The first-order valence-corrected chi connectivity index (χ1v) is 8.63. The first-order chi connectivity index (χ1) is 12.6. The maximum absolute atomic E-state index is 11.7. The number of carbonyl (C=O) groups is 2. The van der Waals surface area contributed by atoms with Crippen LogP contribution >= 0.6 is 23.2 Å². The zero-order valence-electron chi connectivity index (χ0n) is 13.8. The molecule has 2 aromatic carbocycles. The summed E-state index contributed by atoms with van der Waals surface area (Å²) in [4.78, 5) is 23.5. The highest BCUT2D eigenvalue weighted by Gasteiger charge is 2.06. The Morgan fingerprint density at radius 2 is 1.04 bits per heavy atom. The number of hydrogen-bond donors (Lipinski definition) is 0. The fourth-order valence-corrected chi connectivity index (χ4v) is 2.16. The number of esters is 2. The van der Waals surface area contributed by atoms with Crippen molar-refractivity contribution in [2.75, 3.05) is 13.2 Å². The quantitative estimate of drug-likeness (QED) is 0.404. The fraction of sp³-hybridized carbons (Fsp3) is 0.200. The molecule has 134 valence electrons. The average Bonchev–Trinajstić information content (AvgIpc) is 2.64. The molecule has 6 heteroatoms. The summed E-state index contributed by atoms with van der Waals surface area (Å²) < 4.78 is 10.2. The van der Waals surface area contributed by atoms with Gasteiger partial charge in [-0.25, -0.2) is 9.59 Å². The molecule has 0 saturated carbocycles. The molecule has 0 aliphatic heterocycles. The lowest BCUT2D eigenvalue weighted by Gasteiger charge is -2.02. The van der Waals surface area contributed by atoms with E-state index in [9.17, 15) is 9.59 Å². The van der Waals surface area contributed by atoms with E-state index >= 15 is 0 Å². The van der Waals surface area contributed by atoms with Crippen molar-refractivity contribution in [3.63, 3.8) is 0 Å². The molecule has 0 saturated heterocycles. The number of rotatable bonds is 6. The van der Waals surface area contributed by atoms with Gasteiger partial charge in [-0.1, -0.05) is 35.0 Å². The van der Waals surface area contributed by atoms with E-state index in [1.54, 1.807) is 48.5 Å². The van der Waals surface area contributed by atoms with Gasteiger partial charge in [-0.2, -0.15) is 0 Å². The molecule has 0 atom stereocenters. The normalized spacial score (nSPS) is 9.77. The second kappa shape index (κ2) is 10.5. The molecule has 0 heterocycles. The molecular formula is C20H16Cl2O4. The van der Waals surface area contributed by atoms with E-state index in [2.05, 4.69) is 11.8 Å². The van der Waals surface area contributed by atoms with Crippen molar-refractivity contribution < 1.29 is 19.1 Å². The zero-order valence-corrected chi connectivity index (χ0v) is 15.3. The van der Waals surface area contributed by atoms with Gasteiger partial charge in [0.25, 0.3) is 0 Å². The lowest BCUT2D eigenvalue weighted by atomic mass is 10.2. The summed E-state index contributed by atoms with van der Waals surface area (Å²) in [7, 11) is 0. The highest BCUT2D eigenvalue weighted by Crippen LogP contribution is 2.11. The van der Waals surface area contributed by atoms with Crippen molar-refractivity contribution in [2.45, 2.75) is 12.8 Å². The smallest absolute Gasteiger partial charge is 0.338 e. The monoisotopic (exact) mass is 390 g/mol. The summed E-state index contributed by atoms with van der Waals surface area (Å²) >= 11 is 11.5. The van der Waals surface area contributed by atoms with E-state index in [4.69, 9.17) is 32.7 Å². The van der Waals surface area contributed by atoms with E-state index < -0.39 is 11.9 Å². The molecule has 2 aromatic rings. The van der Waals surface area contributed by atoms with Crippen molar-refractivity contribution >= 4 is 35.1 Å². The van der Waals surface area contributed by atoms with Crippen LogP contribution in [0.2, 0.25) is 10.0 Å². The Kier molecular flexibility index (Phi) is 8.01. The Bertz CT molecular complexity index is 735. The molecule has 0 N–H and O–H groups in total. The molecule has 0 unspecified atom stereocenters. The average molecular weight is 391 g/mol. The fourth-order valence-electron chi connectivity index (χ4n) is 1.90. The third-order valence-electron chi connectivity index (χ3n) is 3.21. The number of hydrogen-bond acceptors (Lipinski definition) is 4. The number of halogens is 2. The Balaban J connectivity index is 1.60.